The predicted molar refractivity (Wildman–Crippen MR) is 54.6 cm³/mol. The molecule has 3 heteroatoms. The van der Waals surface area contributed by atoms with Gasteiger partial charge in [-0.15, -0.1) is 0 Å². The number of aromatic nitrogens is 1. The summed E-state index contributed by atoms with van der Waals surface area (Å²) >= 11 is 0. The van der Waals surface area contributed by atoms with Gasteiger partial charge in [0.25, 0.3) is 0 Å². The van der Waals surface area contributed by atoms with Crippen molar-refractivity contribution in [3.8, 4) is 0 Å². The van der Waals surface area contributed by atoms with E-state index in [9.17, 15) is 0 Å². The van der Waals surface area contributed by atoms with Crippen LogP contribution in [-0.2, 0) is 6.54 Å². The van der Waals surface area contributed by atoms with Crippen molar-refractivity contribution < 1.29 is 0 Å². The minimum absolute atomic E-state index is 0.904. The number of likely N-dealkylation sites (N-methyl/N-ethyl adjacent to an activating group) is 1. The molecule has 0 bridgehead atoms. The monoisotopic (exact) mass is 179 g/mol. The molecule has 13 heavy (non-hydrogen) atoms. The van der Waals surface area contributed by atoms with Crippen LogP contribution in [0.1, 0.15) is 11.3 Å². The van der Waals surface area contributed by atoms with E-state index in [0.29, 0.717) is 0 Å². The summed E-state index contributed by atoms with van der Waals surface area (Å²) < 4.78 is 0. The van der Waals surface area contributed by atoms with Gasteiger partial charge < -0.3 is 10.6 Å². The third-order valence-corrected chi connectivity index (χ3v) is 1.98. The fraction of sp³-hybridized carbons (Fsp3) is 0.500. The van der Waals surface area contributed by atoms with Crippen molar-refractivity contribution in [2.75, 3.05) is 20.1 Å². The lowest BCUT2D eigenvalue weighted by Gasteiger charge is -2.05. The Labute approximate surface area is 79.6 Å². The number of rotatable bonds is 5. The number of pyridine rings is 1. The molecule has 0 aromatic carbocycles. The van der Waals surface area contributed by atoms with Gasteiger partial charge in [0.1, 0.15) is 0 Å². The molecule has 72 valence electrons. The highest BCUT2D eigenvalue weighted by molar-refractivity contribution is 5.17. The second-order valence-corrected chi connectivity index (χ2v) is 3.03. The third kappa shape index (κ3) is 3.53. The molecular formula is C10H17N3. The van der Waals surface area contributed by atoms with Gasteiger partial charge in [0.15, 0.2) is 0 Å². The zero-order chi connectivity index (χ0) is 9.52. The molecule has 0 unspecified atom stereocenters. The Kier molecular flexibility index (Phi) is 4.43. The Morgan fingerprint density at radius 3 is 2.92 bits per heavy atom. The highest BCUT2D eigenvalue weighted by Crippen LogP contribution is 2.01. The van der Waals surface area contributed by atoms with Crippen molar-refractivity contribution in [2.24, 2.45) is 0 Å². The molecule has 0 saturated carbocycles. The minimum atomic E-state index is 0.904. The maximum atomic E-state index is 4.22. The van der Waals surface area contributed by atoms with Gasteiger partial charge in [-0.3, -0.25) is 4.98 Å². The smallest absolute Gasteiger partial charge is 0.0417 e. The second kappa shape index (κ2) is 5.67. The lowest BCUT2D eigenvalue weighted by molar-refractivity contribution is 0.647. The number of nitrogens with zero attached hydrogens (tertiary/aromatic N) is 1. The van der Waals surface area contributed by atoms with E-state index >= 15 is 0 Å². The normalized spacial score (nSPS) is 10.3. The quantitative estimate of drug-likeness (QED) is 0.653. The lowest BCUT2D eigenvalue weighted by atomic mass is 10.2. The highest BCUT2D eigenvalue weighted by atomic mass is 14.9. The first kappa shape index (κ1) is 10.2. The molecule has 0 radical (unpaired) electrons. The third-order valence-electron chi connectivity index (χ3n) is 1.98. The molecule has 0 spiro atoms. The number of hydrogen-bond donors (Lipinski definition) is 2. The van der Waals surface area contributed by atoms with Crippen molar-refractivity contribution in [1.82, 2.24) is 15.6 Å². The molecule has 0 saturated heterocycles. The van der Waals surface area contributed by atoms with Crippen molar-refractivity contribution >= 4 is 0 Å². The van der Waals surface area contributed by atoms with Crippen LogP contribution in [0, 0.1) is 6.92 Å². The van der Waals surface area contributed by atoms with Gasteiger partial charge in [0, 0.05) is 31.5 Å². The van der Waals surface area contributed by atoms with Crippen molar-refractivity contribution in [3.05, 3.63) is 29.6 Å². The SMILES string of the molecule is CNCCNCc1cccnc1C. The molecule has 0 aliphatic rings. The van der Waals surface area contributed by atoms with Gasteiger partial charge in [-0.1, -0.05) is 6.07 Å². The van der Waals surface area contributed by atoms with E-state index in [2.05, 4.69) is 21.7 Å². The van der Waals surface area contributed by atoms with E-state index in [0.717, 1.165) is 25.3 Å². The topological polar surface area (TPSA) is 37.0 Å². The van der Waals surface area contributed by atoms with Crippen LogP contribution in [0.2, 0.25) is 0 Å². The Morgan fingerprint density at radius 1 is 1.38 bits per heavy atom. The summed E-state index contributed by atoms with van der Waals surface area (Å²) in [6.45, 7) is 4.93. The summed E-state index contributed by atoms with van der Waals surface area (Å²) in [5, 5.41) is 6.43. The van der Waals surface area contributed by atoms with E-state index in [4.69, 9.17) is 0 Å². The Bertz CT molecular complexity index is 248. The standard InChI is InChI=1S/C10H17N3/c1-9-10(4-3-5-13-9)8-12-7-6-11-2/h3-5,11-12H,6-8H2,1-2H3. The number of nitrogens with one attached hydrogen (secondary N) is 2. The van der Waals surface area contributed by atoms with Crippen molar-refractivity contribution in [1.29, 1.82) is 0 Å². The van der Waals surface area contributed by atoms with Crippen LogP contribution in [0.5, 0.6) is 0 Å². The Balaban J connectivity index is 2.32. The summed E-state index contributed by atoms with van der Waals surface area (Å²) in [6, 6.07) is 4.08. The maximum absolute atomic E-state index is 4.22. The van der Waals surface area contributed by atoms with Gasteiger partial charge in [0.2, 0.25) is 0 Å². The summed E-state index contributed by atoms with van der Waals surface area (Å²) in [5.41, 5.74) is 2.39. The zero-order valence-corrected chi connectivity index (χ0v) is 8.30. The van der Waals surface area contributed by atoms with Crippen LogP contribution in [0.15, 0.2) is 18.3 Å². The van der Waals surface area contributed by atoms with E-state index in [1.807, 2.05) is 26.2 Å². The average Bonchev–Trinajstić information content (AvgIpc) is 2.15. The van der Waals surface area contributed by atoms with Crippen LogP contribution in [-0.4, -0.2) is 25.1 Å². The van der Waals surface area contributed by atoms with Gasteiger partial charge in [-0.05, 0) is 25.6 Å². The molecule has 0 aliphatic carbocycles. The molecule has 0 atom stereocenters. The van der Waals surface area contributed by atoms with E-state index in [1.165, 1.54) is 5.56 Å². The number of hydrogen-bond acceptors (Lipinski definition) is 3. The van der Waals surface area contributed by atoms with E-state index < -0.39 is 0 Å². The Hall–Kier alpha value is -0.930. The molecule has 0 amide bonds. The maximum Gasteiger partial charge on any atom is 0.0417 e. The average molecular weight is 179 g/mol. The molecule has 3 nitrogen and oxygen atoms in total. The van der Waals surface area contributed by atoms with E-state index in [1.54, 1.807) is 0 Å². The molecule has 0 fully saturated rings. The van der Waals surface area contributed by atoms with Gasteiger partial charge in [-0.2, -0.15) is 0 Å². The minimum Gasteiger partial charge on any atom is -0.318 e. The van der Waals surface area contributed by atoms with Gasteiger partial charge in [0.05, 0.1) is 0 Å². The largest absolute Gasteiger partial charge is 0.318 e. The molecule has 0 aliphatic heterocycles. The first-order valence-electron chi connectivity index (χ1n) is 4.60. The molecule has 1 aromatic heterocycles. The Morgan fingerprint density at radius 2 is 2.23 bits per heavy atom. The molecule has 1 aromatic rings. The van der Waals surface area contributed by atoms with Gasteiger partial charge >= 0.3 is 0 Å². The fourth-order valence-electron chi connectivity index (χ4n) is 1.14. The van der Waals surface area contributed by atoms with Crippen LogP contribution < -0.4 is 10.6 Å². The first-order valence-corrected chi connectivity index (χ1v) is 4.60. The van der Waals surface area contributed by atoms with E-state index in [-0.39, 0.29) is 0 Å². The summed E-state index contributed by atoms with van der Waals surface area (Å²) in [6.07, 6.45) is 1.83. The predicted octanol–water partition coefficient (Wildman–Crippen LogP) is 0.699. The molecular weight excluding hydrogens is 162 g/mol. The van der Waals surface area contributed by atoms with Gasteiger partial charge in [-0.25, -0.2) is 0 Å². The van der Waals surface area contributed by atoms with Crippen LogP contribution >= 0.6 is 0 Å². The summed E-state index contributed by atoms with van der Waals surface area (Å²) in [5.74, 6) is 0. The van der Waals surface area contributed by atoms with Crippen LogP contribution in [0.4, 0.5) is 0 Å². The molecule has 1 heterocycles. The van der Waals surface area contributed by atoms with Crippen LogP contribution in [0.3, 0.4) is 0 Å². The second-order valence-electron chi connectivity index (χ2n) is 3.03. The van der Waals surface area contributed by atoms with Crippen molar-refractivity contribution in [2.45, 2.75) is 13.5 Å². The lowest BCUT2D eigenvalue weighted by Crippen LogP contribution is -2.24. The van der Waals surface area contributed by atoms with Crippen molar-refractivity contribution in [3.63, 3.8) is 0 Å². The molecule has 2 N–H and O–H groups in total. The number of aryl methyl sites for hydroxylation is 1. The zero-order valence-electron chi connectivity index (χ0n) is 8.30. The van der Waals surface area contributed by atoms with Crippen LogP contribution in [0.25, 0.3) is 0 Å². The summed E-state index contributed by atoms with van der Waals surface area (Å²) in [4.78, 5) is 4.22. The molecule has 1 rings (SSSR count). The first-order chi connectivity index (χ1) is 6.34. The fourth-order valence-corrected chi connectivity index (χ4v) is 1.14. The highest BCUT2D eigenvalue weighted by Gasteiger charge is 1.95. The summed E-state index contributed by atoms with van der Waals surface area (Å²) in [7, 11) is 1.96.